The van der Waals surface area contributed by atoms with Crippen molar-refractivity contribution < 1.29 is 14.6 Å². The predicted octanol–water partition coefficient (Wildman–Crippen LogP) is 1.44. The average Bonchev–Trinajstić information content (AvgIpc) is 2.41. The minimum atomic E-state index is -0.887. The van der Waals surface area contributed by atoms with Crippen molar-refractivity contribution >= 4 is 11.8 Å². The highest BCUT2D eigenvalue weighted by molar-refractivity contribution is 5.96. The van der Waals surface area contributed by atoms with Gasteiger partial charge >= 0.3 is 5.97 Å². The first-order valence-corrected chi connectivity index (χ1v) is 6.76. The van der Waals surface area contributed by atoms with Crippen molar-refractivity contribution in [3.63, 3.8) is 0 Å². The molecule has 1 aromatic carbocycles. The Morgan fingerprint density at radius 1 is 1.43 bits per heavy atom. The van der Waals surface area contributed by atoms with E-state index in [0.29, 0.717) is 18.1 Å². The SMILES string of the molecule is C[C@@H](COc1ccc(C(=N)NCC(C)(C)N)cc1)C(=O)O. The smallest absolute Gasteiger partial charge is 0.309 e. The number of carboxylic acid groups (broad SMARTS) is 1. The van der Waals surface area contributed by atoms with Crippen LogP contribution in [-0.4, -0.2) is 35.6 Å². The zero-order valence-electron chi connectivity index (χ0n) is 12.6. The Bertz CT molecular complexity index is 492. The summed E-state index contributed by atoms with van der Waals surface area (Å²) in [6, 6.07) is 6.93. The Balaban J connectivity index is 2.53. The van der Waals surface area contributed by atoms with Gasteiger partial charge in [-0.15, -0.1) is 0 Å². The lowest BCUT2D eigenvalue weighted by molar-refractivity contribution is -0.142. The largest absolute Gasteiger partial charge is 0.493 e. The normalized spacial score (nSPS) is 12.6. The second kappa shape index (κ2) is 7.08. The van der Waals surface area contributed by atoms with E-state index < -0.39 is 11.9 Å². The molecule has 0 fully saturated rings. The van der Waals surface area contributed by atoms with Crippen LogP contribution in [0.2, 0.25) is 0 Å². The summed E-state index contributed by atoms with van der Waals surface area (Å²) < 4.78 is 5.39. The minimum Gasteiger partial charge on any atom is -0.493 e. The summed E-state index contributed by atoms with van der Waals surface area (Å²) >= 11 is 0. The summed E-state index contributed by atoms with van der Waals surface area (Å²) in [5, 5.41) is 19.7. The molecule has 0 bridgehead atoms. The molecule has 5 N–H and O–H groups in total. The molecule has 6 nitrogen and oxygen atoms in total. The summed E-state index contributed by atoms with van der Waals surface area (Å²) in [7, 11) is 0. The Kier molecular flexibility index (Phi) is 5.72. The summed E-state index contributed by atoms with van der Waals surface area (Å²) in [6.07, 6.45) is 0. The van der Waals surface area contributed by atoms with E-state index in [-0.39, 0.29) is 12.1 Å². The third-order valence-electron chi connectivity index (χ3n) is 2.79. The van der Waals surface area contributed by atoms with Crippen molar-refractivity contribution in [2.75, 3.05) is 13.2 Å². The lowest BCUT2D eigenvalue weighted by Gasteiger charge is -2.20. The first kappa shape index (κ1) is 17.0. The van der Waals surface area contributed by atoms with Gasteiger partial charge in [-0.3, -0.25) is 10.2 Å². The van der Waals surface area contributed by atoms with Gasteiger partial charge < -0.3 is 20.9 Å². The number of amidine groups is 1. The third-order valence-corrected chi connectivity index (χ3v) is 2.79. The van der Waals surface area contributed by atoms with Gasteiger partial charge in [0.2, 0.25) is 0 Å². The Morgan fingerprint density at radius 3 is 2.48 bits per heavy atom. The number of carbonyl (C=O) groups is 1. The highest BCUT2D eigenvalue weighted by Crippen LogP contribution is 2.13. The van der Waals surface area contributed by atoms with E-state index in [9.17, 15) is 4.79 Å². The van der Waals surface area contributed by atoms with Crippen molar-refractivity contribution in [3.8, 4) is 5.75 Å². The molecule has 1 aromatic rings. The van der Waals surface area contributed by atoms with Gasteiger partial charge in [-0.25, -0.2) is 0 Å². The Labute approximate surface area is 124 Å². The van der Waals surface area contributed by atoms with Crippen LogP contribution in [0.15, 0.2) is 24.3 Å². The number of nitrogens with one attached hydrogen (secondary N) is 2. The number of ether oxygens (including phenoxy) is 1. The summed E-state index contributed by atoms with van der Waals surface area (Å²) in [5.74, 6) is -0.573. The summed E-state index contributed by atoms with van der Waals surface area (Å²) in [6.45, 7) is 5.97. The molecule has 0 aromatic heterocycles. The minimum absolute atomic E-state index is 0.117. The topological polar surface area (TPSA) is 108 Å². The molecule has 116 valence electrons. The maximum absolute atomic E-state index is 10.7. The zero-order chi connectivity index (χ0) is 16.0. The second-order valence-corrected chi connectivity index (χ2v) is 5.79. The number of aliphatic carboxylic acids is 1. The van der Waals surface area contributed by atoms with Crippen LogP contribution >= 0.6 is 0 Å². The van der Waals surface area contributed by atoms with Crippen molar-refractivity contribution in [3.05, 3.63) is 29.8 Å². The molecule has 0 aliphatic carbocycles. The van der Waals surface area contributed by atoms with Gasteiger partial charge in [0.15, 0.2) is 0 Å². The lowest BCUT2D eigenvalue weighted by atomic mass is 10.1. The van der Waals surface area contributed by atoms with Gasteiger partial charge in [0.25, 0.3) is 0 Å². The number of hydrogen-bond acceptors (Lipinski definition) is 4. The van der Waals surface area contributed by atoms with E-state index in [2.05, 4.69) is 5.32 Å². The molecule has 0 heterocycles. The average molecular weight is 293 g/mol. The standard InChI is InChI=1S/C15H23N3O3/c1-10(14(19)20)8-21-12-6-4-11(5-7-12)13(16)18-9-15(2,3)17/h4-7,10H,8-9,17H2,1-3H3,(H2,16,18)(H,19,20)/t10-/m0/s1. The zero-order valence-corrected chi connectivity index (χ0v) is 12.6. The lowest BCUT2D eigenvalue weighted by Crippen LogP contribution is -2.45. The van der Waals surface area contributed by atoms with Gasteiger partial charge in [0.1, 0.15) is 18.2 Å². The van der Waals surface area contributed by atoms with E-state index >= 15 is 0 Å². The van der Waals surface area contributed by atoms with Crippen molar-refractivity contribution in [2.45, 2.75) is 26.3 Å². The molecule has 1 rings (SSSR count). The van der Waals surface area contributed by atoms with Gasteiger partial charge in [0.05, 0.1) is 5.92 Å². The molecular weight excluding hydrogens is 270 g/mol. The van der Waals surface area contributed by atoms with Gasteiger partial charge in [-0.05, 0) is 45.0 Å². The van der Waals surface area contributed by atoms with Crippen LogP contribution in [0.25, 0.3) is 0 Å². The fourth-order valence-electron chi connectivity index (χ4n) is 1.43. The predicted molar refractivity (Wildman–Crippen MR) is 81.8 cm³/mol. The Morgan fingerprint density at radius 2 is 2.00 bits per heavy atom. The fourth-order valence-corrected chi connectivity index (χ4v) is 1.43. The molecule has 0 unspecified atom stereocenters. The number of carboxylic acids is 1. The fraction of sp³-hybridized carbons (Fsp3) is 0.467. The molecule has 0 radical (unpaired) electrons. The van der Waals surface area contributed by atoms with Crippen LogP contribution in [-0.2, 0) is 4.79 Å². The van der Waals surface area contributed by atoms with Crippen LogP contribution in [0.4, 0.5) is 0 Å². The maximum atomic E-state index is 10.7. The van der Waals surface area contributed by atoms with Crippen molar-refractivity contribution in [2.24, 2.45) is 11.7 Å². The number of benzene rings is 1. The number of rotatable bonds is 7. The highest BCUT2D eigenvalue weighted by Gasteiger charge is 2.13. The van der Waals surface area contributed by atoms with E-state index in [0.717, 1.165) is 5.56 Å². The molecule has 0 amide bonds. The molecular formula is C15H23N3O3. The van der Waals surface area contributed by atoms with Gasteiger partial charge in [-0.2, -0.15) is 0 Å². The van der Waals surface area contributed by atoms with Crippen molar-refractivity contribution in [1.82, 2.24) is 5.32 Å². The number of hydrogen-bond donors (Lipinski definition) is 4. The molecule has 0 saturated heterocycles. The quantitative estimate of drug-likeness (QED) is 0.449. The van der Waals surface area contributed by atoms with E-state index in [1.807, 2.05) is 13.8 Å². The summed E-state index contributed by atoms with van der Waals surface area (Å²) in [5.41, 5.74) is 6.18. The van der Waals surface area contributed by atoms with E-state index in [4.69, 9.17) is 21.0 Å². The van der Waals surface area contributed by atoms with Crippen LogP contribution in [0, 0.1) is 11.3 Å². The summed E-state index contributed by atoms with van der Waals surface area (Å²) in [4.78, 5) is 10.7. The molecule has 21 heavy (non-hydrogen) atoms. The molecule has 1 atom stereocenters. The van der Waals surface area contributed by atoms with Crippen LogP contribution in [0.5, 0.6) is 5.75 Å². The molecule has 0 saturated carbocycles. The second-order valence-electron chi connectivity index (χ2n) is 5.79. The molecule has 6 heteroatoms. The van der Waals surface area contributed by atoms with Crippen LogP contribution in [0.3, 0.4) is 0 Å². The van der Waals surface area contributed by atoms with Gasteiger partial charge in [0, 0.05) is 17.6 Å². The first-order chi connectivity index (χ1) is 9.69. The highest BCUT2D eigenvalue weighted by atomic mass is 16.5. The van der Waals surface area contributed by atoms with Crippen LogP contribution < -0.4 is 15.8 Å². The van der Waals surface area contributed by atoms with Crippen LogP contribution in [0.1, 0.15) is 26.3 Å². The molecule has 0 aliphatic rings. The number of nitrogens with two attached hydrogens (primary N) is 1. The van der Waals surface area contributed by atoms with Gasteiger partial charge in [-0.1, -0.05) is 0 Å². The first-order valence-electron chi connectivity index (χ1n) is 6.76. The molecule has 0 spiro atoms. The van der Waals surface area contributed by atoms with E-state index in [1.165, 1.54) is 0 Å². The maximum Gasteiger partial charge on any atom is 0.309 e. The van der Waals surface area contributed by atoms with Crippen molar-refractivity contribution in [1.29, 1.82) is 5.41 Å². The molecule has 0 aliphatic heterocycles. The Hall–Kier alpha value is -2.08. The monoisotopic (exact) mass is 293 g/mol. The van der Waals surface area contributed by atoms with E-state index in [1.54, 1.807) is 31.2 Å². The third kappa shape index (κ3) is 6.27.